The first-order valence-electron chi connectivity index (χ1n) is 9.39. The number of carbonyl (C=O) groups is 1. The van der Waals surface area contributed by atoms with Crippen molar-refractivity contribution in [2.24, 2.45) is 0 Å². The number of halogens is 1. The highest BCUT2D eigenvalue weighted by Gasteiger charge is 2.23. The van der Waals surface area contributed by atoms with E-state index in [1.807, 2.05) is 54.7 Å². The van der Waals surface area contributed by atoms with E-state index in [0.29, 0.717) is 24.4 Å². The lowest BCUT2D eigenvalue weighted by atomic mass is 10.0. The van der Waals surface area contributed by atoms with Crippen LogP contribution >= 0.6 is 11.6 Å². The molecule has 0 radical (unpaired) electrons. The summed E-state index contributed by atoms with van der Waals surface area (Å²) in [6, 6.07) is 17.8. The number of carbonyl (C=O) groups excluding carboxylic acids is 1. The number of aryl methyl sites for hydroxylation is 1. The molecule has 0 fully saturated rings. The summed E-state index contributed by atoms with van der Waals surface area (Å²) in [7, 11) is 0. The van der Waals surface area contributed by atoms with Gasteiger partial charge in [0.1, 0.15) is 11.9 Å². The zero-order valence-corrected chi connectivity index (χ0v) is 16.2. The first-order chi connectivity index (χ1) is 13.7. The van der Waals surface area contributed by atoms with Crippen LogP contribution in [0.2, 0.25) is 5.02 Å². The molecule has 1 amide bonds. The number of fused-ring (bicyclic) bond motifs is 1. The van der Waals surface area contributed by atoms with Crippen LogP contribution in [-0.4, -0.2) is 23.5 Å². The number of aromatic nitrogens is 1. The fourth-order valence-corrected chi connectivity index (χ4v) is 3.64. The predicted octanol–water partition coefficient (Wildman–Crippen LogP) is 4.45. The fraction of sp³-hybridized carbons (Fsp3) is 0.217. The third-order valence-electron chi connectivity index (χ3n) is 4.90. The van der Waals surface area contributed by atoms with Gasteiger partial charge in [0.05, 0.1) is 6.54 Å². The largest absolute Gasteiger partial charge is 0.488 e. The molecule has 3 aromatic rings. The molecule has 1 atom stereocenters. The number of nitrogens with zero attached hydrogens (tertiary/aromatic N) is 1. The molecule has 5 heteroatoms. The molecule has 4 rings (SSSR count). The molecule has 1 aliphatic heterocycles. The summed E-state index contributed by atoms with van der Waals surface area (Å²) in [5, 5.41) is 3.68. The van der Waals surface area contributed by atoms with Crippen molar-refractivity contribution in [1.82, 2.24) is 10.3 Å². The van der Waals surface area contributed by atoms with Crippen molar-refractivity contribution in [2.45, 2.75) is 25.4 Å². The summed E-state index contributed by atoms with van der Waals surface area (Å²) in [5.41, 5.74) is 4.37. The van der Waals surface area contributed by atoms with Crippen molar-refractivity contribution in [3.63, 3.8) is 0 Å². The molecule has 0 bridgehead atoms. The van der Waals surface area contributed by atoms with Gasteiger partial charge in [0.25, 0.3) is 0 Å². The van der Waals surface area contributed by atoms with Gasteiger partial charge in [0.2, 0.25) is 5.91 Å². The van der Waals surface area contributed by atoms with Crippen molar-refractivity contribution in [1.29, 1.82) is 0 Å². The van der Waals surface area contributed by atoms with Gasteiger partial charge in [-0.2, -0.15) is 0 Å². The molecule has 28 heavy (non-hydrogen) atoms. The Morgan fingerprint density at radius 1 is 1.14 bits per heavy atom. The second-order valence-corrected chi connectivity index (χ2v) is 7.31. The zero-order valence-electron chi connectivity index (χ0n) is 15.4. The van der Waals surface area contributed by atoms with Gasteiger partial charge < -0.3 is 10.1 Å². The van der Waals surface area contributed by atoms with Crippen molar-refractivity contribution >= 4 is 17.5 Å². The molecule has 1 aliphatic rings. The van der Waals surface area contributed by atoms with Gasteiger partial charge in [0, 0.05) is 35.8 Å². The van der Waals surface area contributed by atoms with Gasteiger partial charge in [-0.05, 0) is 47.4 Å². The van der Waals surface area contributed by atoms with Crippen LogP contribution in [0.3, 0.4) is 0 Å². The Bertz CT molecular complexity index is 975. The lowest BCUT2D eigenvalue weighted by molar-refractivity contribution is -0.121. The standard InChI is InChI=1S/C23H21ClN2O2/c24-21-6-2-1-4-16(21)8-10-23(27)26-15-20-13-19-12-17(7-9-22(19)28-20)18-5-3-11-25-14-18/h1-7,9,11-12,14,20H,8,10,13,15H2,(H,26,27)/t20-/m0/s1. The van der Waals surface area contributed by atoms with E-state index in [4.69, 9.17) is 16.3 Å². The van der Waals surface area contributed by atoms with Gasteiger partial charge in [-0.3, -0.25) is 9.78 Å². The van der Waals surface area contributed by atoms with Crippen LogP contribution in [0.4, 0.5) is 0 Å². The lowest BCUT2D eigenvalue weighted by Crippen LogP contribution is -2.34. The van der Waals surface area contributed by atoms with Crippen molar-refractivity contribution in [2.75, 3.05) is 6.54 Å². The minimum Gasteiger partial charge on any atom is -0.488 e. The van der Waals surface area contributed by atoms with Gasteiger partial charge in [0.15, 0.2) is 0 Å². The van der Waals surface area contributed by atoms with Gasteiger partial charge >= 0.3 is 0 Å². The number of pyridine rings is 1. The number of benzene rings is 2. The average molecular weight is 393 g/mol. The summed E-state index contributed by atoms with van der Waals surface area (Å²) in [4.78, 5) is 16.4. The maximum atomic E-state index is 12.2. The molecule has 0 spiro atoms. The Labute approximate surface area is 169 Å². The van der Waals surface area contributed by atoms with E-state index in [-0.39, 0.29) is 12.0 Å². The highest BCUT2D eigenvalue weighted by Crippen LogP contribution is 2.32. The van der Waals surface area contributed by atoms with Gasteiger partial charge in [-0.15, -0.1) is 0 Å². The molecule has 0 saturated heterocycles. The molecule has 2 aromatic carbocycles. The van der Waals surface area contributed by atoms with Crippen LogP contribution < -0.4 is 10.1 Å². The molecule has 0 unspecified atom stereocenters. The Morgan fingerprint density at radius 2 is 2.04 bits per heavy atom. The van der Waals surface area contributed by atoms with Crippen LogP contribution in [0, 0.1) is 0 Å². The number of hydrogen-bond acceptors (Lipinski definition) is 3. The van der Waals surface area contributed by atoms with Crippen LogP contribution in [0.15, 0.2) is 67.0 Å². The number of amides is 1. The quantitative estimate of drug-likeness (QED) is 0.674. The zero-order chi connectivity index (χ0) is 19.3. The third kappa shape index (κ3) is 4.34. The summed E-state index contributed by atoms with van der Waals surface area (Å²) < 4.78 is 5.98. The topological polar surface area (TPSA) is 51.2 Å². The van der Waals surface area contributed by atoms with E-state index < -0.39 is 0 Å². The lowest BCUT2D eigenvalue weighted by Gasteiger charge is -2.12. The van der Waals surface area contributed by atoms with Crippen molar-refractivity contribution in [3.05, 3.63) is 83.1 Å². The monoisotopic (exact) mass is 392 g/mol. The highest BCUT2D eigenvalue weighted by molar-refractivity contribution is 6.31. The molecule has 0 saturated carbocycles. The van der Waals surface area contributed by atoms with E-state index in [9.17, 15) is 4.79 Å². The molecular formula is C23H21ClN2O2. The van der Waals surface area contributed by atoms with Crippen molar-refractivity contribution in [3.8, 4) is 16.9 Å². The first-order valence-corrected chi connectivity index (χ1v) is 9.77. The second kappa shape index (κ2) is 8.44. The SMILES string of the molecule is O=C(CCc1ccccc1Cl)NC[C@@H]1Cc2cc(-c3cccnc3)ccc2O1. The van der Waals surface area contributed by atoms with E-state index >= 15 is 0 Å². The number of hydrogen-bond donors (Lipinski definition) is 1. The van der Waals surface area contributed by atoms with Gasteiger partial charge in [-0.25, -0.2) is 0 Å². The third-order valence-corrected chi connectivity index (χ3v) is 5.27. The van der Waals surface area contributed by atoms with Crippen LogP contribution in [0.5, 0.6) is 5.75 Å². The smallest absolute Gasteiger partial charge is 0.220 e. The normalized spacial score (nSPS) is 15.0. The van der Waals surface area contributed by atoms with Crippen LogP contribution in [0.25, 0.3) is 11.1 Å². The maximum Gasteiger partial charge on any atom is 0.220 e. The first kappa shape index (κ1) is 18.5. The molecule has 0 aliphatic carbocycles. The minimum atomic E-state index is -0.0385. The number of ether oxygens (including phenoxy) is 1. The molecule has 1 aromatic heterocycles. The Balaban J connectivity index is 1.29. The summed E-state index contributed by atoms with van der Waals surface area (Å²) in [6.07, 6.45) is 5.41. The Kier molecular flexibility index (Phi) is 5.58. The number of nitrogens with one attached hydrogen (secondary N) is 1. The van der Waals surface area contributed by atoms with E-state index in [2.05, 4.69) is 16.4 Å². The minimum absolute atomic E-state index is 0.00975. The molecule has 4 nitrogen and oxygen atoms in total. The summed E-state index contributed by atoms with van der Waals surface area (Å²) >= 11 is 6.14. The average Bonchev–Trinajstić information content (AvgIpc) is 3.14. The second-order valence-electron chi connectivity index (χ2n) is 6.90. The summed E-state index contributed by atoms with van der Waals surface area (Å²) in [5.74, 6) is 0.901. The molecule has 142 valence electrons. The van der Waals surface area contributed by atoms with E-state index in [1.54, 1.807) is 6.20 Å². The number of rotatable bonds is 6. The molecule has 2 heterocycles. The Hall–Kier alpha value is -2.85. The van der Waals surface area contributed by atoms with Crippen LogP contribution in [0.1, 0.15) is 17.5 Å². The van der Waals surface area contributed by atoms with E-state index in [1.165, 1.54) is 0 Å². The van der Waals surface area contributed by atoms with Crippen LogP contribution in [-0.2, 0) is 17.6 Å². The molecular weight excluding hydrogens is 372 g/mol. The van der Waals surface area contributed by atoms with E-state index in [0.717, 1.165) is 34.4 Å². The Morgan fingerprint density at radius 3 is 2.86 bits per heavy atom. The van der Waals surface area contributed by atoms with Crippen molar-refractivity contribution < 1.29 is 9.53 Å². The predicted molar refractivity (Wildman–Crippen MR) is 111 cm³/mol. The maximum absolute atomic E-state index is 12.2. The molecule has 1 N–H and O–H groups in total. The fourth-order valence-electron chi connectivity index (χ4n) is 3.41. The highest BCUT2D eigenvalue weighted by atomic mass is 35.5. The summed E-state index contributed by atoms with van der Waals surface area (Å²) in [6.45, 7) is 0.498. The van der Waals surface area contributed by atoms with Gasteiger partial charge in [-0.1, -0.05) is 41.9 Å².